The van der Waals surface area contributed by atoms with Gasteiger partial charge in [0, 0.05) is 6.04 Å². The first-order valence-electron chi connectivity index (χ1n) is 6.27. The summed E-state index contributed by atoms with van der Waals surface area (Å²) in [6, 6.07) is -0.182. The maximum absolute atomic E-state index is 13.4. The van der Waals surface area contributed by atoms with Crippen molar-refractivity contribution in [3.05, 3.63) is 23.5 Å². The molecule has 0 bridgehead atoms. The fourth-order valence-corrected chi connectivity index (χ4v) is 2.36. The number of anilines is 1. The number of hydrogen-bond acceptors (Lipinski definition) is 2. The molecule has 1 fully saturated rings. The zero-order chi connectivity index (χ0) is 14.2. The fourth-order valence-electron chi connectivity index (χ4n) is 2.36. The summed E-state index contributed by atoms with van der Waals surface area (Å²) < 4.78 is 52.8. The Hall–Kier alpha value is -1.33. The lowest BCUT2D eigenvalue weighted by atomic mass is 9.75. The van der Waals surface area contributed by atoms with Gasteiger partial charge in [-0.2, -0.15) is 22.5 Å². The highest BCUT2D eigenvalue weighted by molar-refractivity contribution is 5.46. The van der Waals surface area contributed by atoms with E-state index in [0.29, 0.717) is 12.8 Å². The summed E-state index contributed by atoms with van der Waals surface area (Å²) in [5.74, 6) is -6.19. The molecule has 0 aliphatic heterocycles. The van der Waals surface area contributed by atoms with Crippen LogP contribution in [0.1, 0.15) is 39.5 Å². The van der Waals surface area contributed by atoms with Crippen molar-refractivity contribution in [3.8, 4) is 0 Å². The van der Waals surface area contributed by atoms with Crippen LogP contribution in [0, 0.1) is 28.9 Å². The number of halogens is 4. The molecular formula is C13H16F4N2. The highest BCUT2D eigenvalue weighted by Gasteiger charge is 2.29. The SMILES string of the molecule is CC1(C)CCC(Nc2c(F)c(F)nc(F)c2F)CC1. The van der Waals surface area contributed by atoms with Crippen LogP contribution in [-0.2, 0) is 0 Å². The van der Waals surface area contributed by atoms with E-state index in [-0.39, 0.29) is 11.5 Å². The molecule has 0 radical (unpaired) electrons. The molecule has 1 saturated carbocycles. The first kappa shape index (κ1) is 14.1. The maximum Gasteiger partial charge on any atom is 0.253 e. The number of nitrogens with zero attached hydrogens (tertiary/aromatic N) is 1. The minimum atomic E-state index is -1.63. The maximum atomic E-state index is 13.4. The van der Waals surface area contributed by atoms with Crippen molar-refractivity contribution in [1.82, 2.24) is 4.98 Å². The molecule has 0 atom stereocenters. The number of nitrogens with one attached hydrogen (secondary N) is 1. The van der Waals surface area contributed by atoms with Crippen molar-refractivity contribution in [2.75, 3.05) is 5.32 Å². The molecule has 1 aromatic heterocycles. The first-order valence-corrected chi connectivity index (χ1v) is 6.27. The Kier molecular flexibility index (Phi) is 3.69. The second-order valence-electron chi connectivity index (χ2n) is 5.78. The van der Waals surface area contributed by atoms with Crippen molar-refractivity contribution in [1.29, 1.82) is 0 Å². The van der Waals surface area contributed by atoms with Crippen molar-refractivity contribution < 1.29 is 17.6 Å². The van der Waals surface area contributed by atoms with E-state index >= 15 is 0 Å². The summed E-state index contributed by atoms with van der Waals surface area (Å²) in [6.45, 7) is 4.24. The summed E-state index contributed by atoms with van der Waals surface area (Å²) in [4.78, 5) is 2.53. The number of aromatic nitrogens is 1. The Morgan fingerprint density at radius 2 is 1.47 bits per heavy atom. The fraction of sp³-hybridized carbons (Fsp3) is 0.615. The average Bonchev–Trinajstić information content (AvgIpc) is 2.34. The molecule has 1 N–H and O–H groups in total. The van der Waals surface area contributed by atoms with Crippen LogP contribution in [0.4, 0.5) is 23.2 Å². The van der Waals surface area contributed by atoms with Crippen LogP contribution in [-0.4, -0.2) is 11.0 Å². The minimum Gasteiger partial charge on any atom is -0.377 e. The van der Waals surface area contributed by atoms with E-state index in [2.05, 4.69) is 24.1 Å². The topological polar surface area (TPSA) is 24.9 Å². The van der Waals surface area contributed by atoms with Crippen molar-refractivity contribution in [2.45, 2.75) is 45.6 Å². The van der Waals surface area contributed by atoms with Gasteiger partial charge in [-0.15, -0.1) is 0 Å². The third kappa shape index (κ3) is 2.98. The van der Waals surface area contributed by atoms with E-state index in [1.165, 1.54) is 0 Å². The zero-order valence-electron chi connectivity index (χ0n) is 10.9. The Labute approximate surface area is 109 Å². The summed E-state index contributed by atoms with van der Waals surface area (Å²) in [5.41, 5.74) is -0.556. The minimum absolute atomic E-state index is 0.182. The average molecular weight is 276 g/mol. The molecule has 1 aromatic rings. The van der Waals surface area contributed by atoms with Crippen LogP contribution < -0.4 is 5.32 Å². The van der Waals surface area contributed by atoms with Gasteiger partial charge in [0.2, 0.25) is 11.6 Å². The quantitative estimate of drug-likeness (QED) is 0.652. The van der Waals surface area contributed by atoms with E-state index in [0.717, 1.165) is 12.8 Å². The molecule has 6 heteroatoms. The standard InChI is InChI=1S/C13H16F4N2/c1-13(2)5-3-7(4-6-13)18-10-8(14)11(16)19-12(17)9(10)15/h7H,3-6H2,1-2H3,(H,18,19). The monoisotopic (exact) mass is 276 g/mol. The van der Waals surface area contributed by atoms with Gasteiger partial charge in [-0.25, -0.2) is 0 Å². The van der Waals surface area contributed by atoms with Crippen LogP contribution in [0.3, 0.4) is 0 Å². The molecule has 1 heterocycles. The van der Waals surface area contributed by atoms with E-state index in [1.807, 2.05) is 0 Å². The van der Waals surface area contributed by atoms with Crippen LogP contribution in [0.25, 0.3) is 0 Å². The Morgan fingerprint density at radius 3 is 1.95 bits per heavy atom. The number of rotatable bonds is 2. The third-order valence-electron chi connectivity index (χ3n) is 3.69. The number of hydrogen-bond donors (Lipinski definition) is 1. The van der Waals surface area contributed by atoms with Gasteiger partial charge in [0.25, 0.3) is 11.9 Å². The molecule has 2 rings (SSSR count). The van der Waals surface area contributed by atoms with Crippen molar-refractivity contribution in [2.24, 2.45) is 5.41 Å². The molecule has 0 spiro atoms. The first-order chi connectivity index (χ1) is 8.80. The Bertz CT molecular complexity index is 452. The van der Waals surface area contributed by atoms with Crippen molar-refractivity contribution in [3.63, 3.8) is 0 Å². The van der Waals surface area contributed by atoms with Gasteiger partial charge in [-0.3, -0.25) is 0 Å². The van der Waals surface area contributed by atoms with Gasteiger partial charge in [0.1, 0.15) is 5.69 Å². The van der Waals surface area contributed by atoms with E-state index in [1.54, 1.807) is 0 Å². The normalized spacial score (nSPS) is 19.5. The highest BCUT2D eigenvalue weighted by atomic mass is 19.2. The lowest BCUT2D eigenvalue weighted by Gasteiger charge is -2.35. The van der Waals surface area contributed by atoms with E-state index in [4.69, 9.17) is 0 Å². The Balaban J connectivity index is 2.16. The summed E-state index contributed by atoms with van der Waals surface area (Å²) in [5, 5.41) is 2.57. The Morgan fingerprint density at radius 1 is 1.00 bits per heavy atom. The van der Waals surface area contributed by atoms with E-state index in [9.17, 15) is 17.6 Å². The largest absolute Gasteiger partial charge is 0.377 e. The summed E-state index contributed by atoms with van der Waals surface area (Å²) in [7, 11) is 0. The molecule has 0 saturated heterocycles. The van der Waals surface area contributed by atoms with Crippen LogP contribution in [0.15, 0.2) is 0 Å². The van der Waals surface area contributed by atoms with E-state index < -0.39 is 29.2 Å². The lowest BCUT2D eigenvalue weighted by Crippen LogP contribution is -2.30. The second kappa shape index (κ2) is 4.98. The zero-order valence-corrected chi connectivity index (χ0v) is 10.9. The molecule has 0 aromatic carbocycles. The molecule has 0 amide bonds. The third-order valence-corrected chi connectivity index (χ3v) is 3.69. The van der Waals surface area contributed by atoms with Gasteiger partial charge in [0.05, 0.1) is 0 Å². The molecule has 19 heavy (non-hydrogen) atoms. The van der Waals surface area contributed by atoms with Crippen LogP contribution >= 0.6 is 0 Å². The molecule has 1 aliphatic rings. The molecule has 106 valence electrons. The summed E-state index contributed by atoms with van der Waals surface area (Å²) >= 11 is 0. The van der Waals surface area contributed by atoms with Gasteiger partial charge in [-0.05, 0) is 31.1 Å². The second-order valence-corrected chi connectivity index (χ2v) is 5.78. The molecule has 2 nitrogen and oxygen atoms in total. The summed E-state index contributed by atoms with van der Waals surface area (Å²) in [6.07, 6.45) is 3.20. The molecule has 1 aliphatic carbocycles. The van der Waals surface area contributed by atoms with Gasteiger partial charge >= 0.3 is 0 Å². The smallest absolute Gasteiger partial charge is 0.253 e. The molecular weight excluding hydrogens is 260 g/mol. The number of pyridine rings is 1. The van der Waals surface area contributed by atoms with Gasteiger partial charge in [-0.1, -0.05) is 13.8 Å². The predicted molar refractivity (Wildman–Crippen MR) is 63.7 cm³/mol. The van der Waals surface area contributed by atoms with Crippen LogP contribution in [0.5, 0.6) is 0 Å². The lowest BCUT2D eigenvalue weighted by molar-refractivity contribution is 0.232. The predicted octanol–water partition coefficient (Wildman–Crippen LogP) is 4.02. The van der Waals surface area contributed by atoms with Gasteiger partial charge < -0.3 is 5.32 Å². The van der Waals surface area contributed by atoms with Gasteiger partial charge in [0.15, 0.2) is 0 Å². The van der Waals surface area contributed by atoms with Crippen LogP contribution in [0.2, 0.25) is 0 Å². The molecule has 0 unspecified atom stereocenters. The highest BCUT2D eigenvalue weighted by Crippen LogP contribution is 2.36. The van der Waals surface area contributed by atoms with Crippen molar-refractivity contribution >= 4 is 5.69 Å².